The van der Waals surface area contributed by atoms with Crippen LogP contribution < -0.4 is 4.90 Å². The molecule has 2 aliphatic rings. The van der Waals surface area contributed by atoms with E-state index in [9.17, 15) is 13.6 Å². The summed E-state index contributed by atoms with van der Waals surface area (Å²) in [4.78, 5) is 16.5. The smallest absolute Gasteiger partial charge is 0.410 e. The van der Waals surface area contributed by atoms with Gasteiger partial charge in [0.25, 0.3) is 0 Å². The lowest BCUT2D eigenvalue weighted by Crippen LogP contribution is -2.42. The van der Waals surface area contributed by atoms with Crippen molar-refractivity contribution in [1.82, 2.24) is 4.90 Å². The van der Waals surface area contributed by atoms with Gasteiger partial charge in [-0.1, -0.05) is 18.2 Å². The summed E-state index contributed by atoms with van der Waals surface area (Å²) in [6.07, 6.45) is 4.65. The maximum atomic E-state index is 14.3. The van der Waals surface area contributed by atoms with E-state index in [1.165, 1.54) is 18.2 Å². The third-order valence-electron chi connectivity index (χ3n) is 6.98. The molecule has 2 aromatic carbocycles. The van der Waals surface area contributed by atoms with Crippen LogP contribution in [0.4, 0.5) is 19.3 Å². The van der Waals surface area contributed by atoms with E-state index in [4.69, 9.17) is 4.74 Å². The molecule has 6 heteroatoms. The fourth-order valence-electron chi connectivity index (χ4n) is 5.19. The molecule has 0 radical (unpaired) electrons. The quantitative estimate of drug-likeness (QED) is 0.496. The predicted octanol–water partition coefficient (Wildman–Crippen LogP) is 6.73. The number of carbonyl (C=O) groups excluding carboxylic acids is 1. The van der Waals surface area contributed by atoms with Crippen molar-refractivity contribution in [2.75, 3.05) is 31.1 Å². The van der Waals surface area contributed by atoms with Crippen LogP contribution in [0.1, 0.15) is 69.9 Å². The van der Waals surface area contributed by atoms with Gasteiger partial charge in [0.2, 0.25) is 0 Å². The van der Waals surface area contributed by atoms with E-state index in [0.29, 0.717) is 5.92 Å². The van der Waals surface area contributed by atoms with E-state index in [1.54, 1.807) is 6.07 Å². The maximum Gasteiger partial charge on any atom is 0.410 e. The number of hydrogen-bond acceptors (Lipinski definition) is 3. The lowest BCUT2D eigenvalue weighted by atomic mass is 9.87. The minimum absolute atomic E-state index is 0.137. The van der Waals surface area contributed by atoms with Crippen molar-refractivity contribution in [3.63, 3.8) is 0 Å². The Morgan fingerprint density at radius 2 is 1.65 bits per heavy atom. The molecule has 2 heterocycles. The lowest BCUT2D eigenvalue weighted by molar-refractivity contribution is 0.0182. The zero-order valence-corrected chi connectivity index (χ0v) is 20.5. The number of halogens is 2. The number of nitrogens with zero attached hydrogens (tertiary/aromatic N) is 2. The highest BCUT2D eigenvalue weighted by Crippen LogP contribution is 2.39. The van der Waals surface area contributed by atoms with Crippen molar-refractivity contribution >= 4 is 11.8 Å². The monoisotopic (exact) mass is 470 g/mol. The molecule has 0 spiro atoms. The summed E-state index contributed by atoms with van der Waals surface area (Å²) in [6.45, 7) is 8.85. The first-order valence-electron chi connectivity index (χ1n) is 12.5. The van der Waals surface area contributed by atoms with Crippen molar-refractivity contribution in [3.05, 3.63) is 65.2 Å². The van der Waals surface area contributed by atoms with E-state index in [-0.39, 0.29) is 23.6 Å². The largest absolute Gasteiger partial charge is 0.444 e. The number of rotatable bonds is 4. The summed E-state index contributed by atoms with van der Waals surface area (Å²) in [5.74, 6) is 0.204. The molecule has 2 aromatic rings. The van der Waals surface area contributed by atoms with Gasteiger partial charge in [0, 0.05) is 37.8 Å². The normalized spacial score (nSPS) is 19.5. The fourth-order valence-corrected chi connectivity index (χ4v) is 5.19. The van der Waals surface area contributed by atoms with Gasteiger partial charge >= 0.3 is 6.09 Å². The van der Waals surface area contributed by atoms with E-state index in [0.717, 1.165) is 75.1 Å². The third-order valence-corrected chi connectivity index (χ3v) is 6.98. The van der Waals surface area contributed by atoms with Crippen LogP contribution in [0.25, 0.3) is 0 Å². The molecule has 1 amide bonds. The minimum atomic E-state index is -0.477. The first kappa shape index (κ1) is 24.5. The Balaban J connectivity index is 1.40. The third kappa shape index (κ3) is 6.08. The Morgan fingerprint density at radius 3 is 2.32 bits per heavy atom. The second-order valence-electron chi connectivity index (χ2n) is 10.6. The Kier molecular flexibility index (Phi) is 7.44. The molecule has 1 unspecified atom stereocenters. The summed E-state index contributed by atoms with van der Waals surface area (Å²) in [5, 5.41) is 0. The van der Waals surface area contributed by atoms with Gasteiger partial charge in [-0.25, -0.2) is 13.6 Å². The summed E-state index contributed by atoms with van der Waals surface area (Å²) in [7, 11) is 0. The Labute approximate surface area is 201 Å². The van der Waals surface area contributed by atoms with Crippen molar-refractivity contribution in [1.29, 1.82) is 0 Å². The standard InChI is InChI=1S/C28H36F2N2O2/c1-28(2,3)34-27(33)32-17-13-20(14-18-32)12-16-31-15-4-5-24(21-6-8-22(29)9-7-21)25-11-10-23(30)19-26(25)31/h6-11,19-20,24H,4-5,12-18H2,1-3H3. The highest BCUT2D eigenvalue weighted by molar-refractivity contribution is 5.68. The zero-order valence-electron chi connectivity index (χ0n) is 20.5. The summed E-state index contributed by atoms with van der Waals surface area (Å²) < 4.78 is 33.3. The van der Waals surface area contributed by atoms with Crippen LogP contribution in [-0.2, 0) is 4.74 Å². The van der Waals surface area contributed by atoms with Crippen LogP contribution in [0, 0.1) is 17.6 Å². The lowest BCUT2D eigenvalue weighted by Gasteiger charge is -2.34. The summed E-state index contributed by atoms with van der Waals surface area (Å²) >= 11 is 0. The first-order chi connectivity index (χ1) is 16.2. The number of fused-ring (bicyclic) bond motifs is 1. The molecule has 0 saturated carbocycles. The van der Waals surface area contributed by atoms with Crippen LogP contribution in [-0.4, -0.2) is 42.8 Å². The number of piperidine rings is 1. The minimum Gasteiger partial charge on any atom is -0.444 e. The maximum absolute atomic E-state index is 14.3. The highest BCUT2D eigenvalue weighted by Gasteiger charge is 2.28. The number of likely N-dealkylation sites (tertiary alicyclic amines) is 1. The van der Waals surface area contributed by atoms with Gasteiger partial charge in [-0.3, -0.25) is 0 Å². The second-order valence-corrected chi connectivity index (χ2v) is 10.6. The molecular weight excluding hydrogens is 434 g/mol. The summed E-state index contributed by atoms with van der Waals surface area (Å²) in [6, 6.07) is 11.8. The second kappa shape index (κ2) is 10.3. The molecular formula is C28H36F2N2O2. The number of amides is 1. The molecule has 1 saturated heterocycles. The summed E-state index contributed by atoms with van der Waals surface area (Å²) in [5.41, 5.74) is 2.67. The molecule has 184 valence electrons. The number of anilines is 1. The van der Waals surface area contributed by atoms with Crippen LogP contribution >= 0.6 is 0 Å². The van der Waals surface area contributed by atoms with E-state index in [2.05, 4.69) is 4.90 Å². The topological polar surface area (TPSA) is 32.8 Å². The number of benzene rings is 2. The van der Waals surface area contributed by atoms with Gasteiger partial charge < -0.3 is 14.5 Å². The van der Waals surface area contributed by atoms with Crippen molar-refractivity contribution in [2.45, 2.75) is 64.4 Å². The van der Waals surface area contributed by atoms with Gasteiger partial charge in [0.05, 0.1) is 0 Å². The van der Waals surface area contributed by atoms with Crippen molar-refractivity contribution in [2.24, 2.45) is 5.92 Å². The number of ether oxygens (including phenoxy) is 1. The molecule has 4 rings (SSSR count). The van der Waals surface area contributed by atoms with Gasteiger partial charge in [-0.15, -0.1) is 0 Å². The van der Waals surface area contributed by atoms with Crippen molar-refractivity contribution < 1.29 is 18.3 Å². The van der Waals surface area contributed by atoms with Gasteiger partial charge in [-0.05, 0) is 94.2 Å². The van der Waals surface area contributed by atoms with Gasteiger partial charge in [-0.2, -0.15) is 0 Å². The molecule has 2 aliphatic heterocycles. The van der Waals surface area contributed by atoms with Gasteiger partial charge in [0.1, 0.15) is 17.2 Å². The number of carbonyl (C=O) groups is 1. The molecule has 0 N–H and O–H groups in total. The van der Waals surface area contributed by atoms with Crippen LogP contribution in [0.15, 0.2) is 42.5 Å². The molecule has 0 aromatic heterocycles. The molecule has 0 bridgehead atoms. The van der Waals surface area contributed by atoms with Crippen LogP contribution in [0.3, 0.4) is 0 Å². The van der Waals surface area contributed by atoms with Crippen LogP contribution in [0.2, 0.25) is 0 Å². The molecule has 0 aliphatic carbocycles. The highest BCUT2D eigenvalue weighted by atomic mass is 19.1. The van der Waals surface area contributed by atoms with E-state index < -0.39 is 5.60 Å². The average Bonchev–Trinajstić information content (AvgIpc) is 2.96. The average molecular weight is 471 g/mol. The zero-order chi connectivity index (χ0) is 24.3. The molecule has 34 heavy (non-hydrogen) atoms. The first-order valence-corrected chi connectivity index (χ1v) is 12.5. The van der Waals surface area contributed by atoms with E-state index >= 15 is 0 Å². The molecule has 1 fully saturated rings. The van der Waals surface area contributed by atoms with Crippen molar-refractivity contribution in [3.8, 4) is 0 Å². The Hall–Kier alpha value is -2.63. The number of hydrogen-bond donors (Lipinski definition) is 0. The molecule has 1 atom stereocenters. The Bertz CT molecular complexity index is 979. The molecule has 4 nitrogen and oxygen atoms in total. The van der Waals surface area contributed by atoms with Gasteiger partial charge in [0.15, 0.2) is 0 Å². The van der Waals surface area contributed by atoms with E-state index in [1.807, 2.05) is 43.9 Å². The van der Waals surface area contributed by atoms with Crippen LogP contribution in [0.5, 0.6) is 0 Å². The SMILES string of the molecule is CC(C)(C)OC(=O)N1CCC(CCN2CCCC(c3ccc(F)cc3)c3ccc(F)cc32)CC1. The fraction of sp³-hybridized carbons (Fsp3) is 0.536. The predicted molar refractivity (Wildman–Crippen MR) is 131 cm³/mol. The Morgan fingerprint density at radius 1 is 0.971 bits per heavy atom.